The van der Waals surface area contributed by atoms with Gasteiger partial charge in [-0.1, -0.05) is 285 Å². The average molecular weight is 1250 g/mol. The topological polar surface area (TPSA) is 77.8 Å². The van der Waals surface area contributed by atoms with Gasteiger partial charge >= 0.3 is 0 Å². The Morgan fingerprint density at radius 1 is 0.214 bits per heavy atom. The zero-order valence-corrected chi connectivity index (χ0v) is 52.8. The molecule has 17 aromatic rings. The Labute approximate surface area is 565 Å². The highest BCUT2D eigenvalue weighted by Gasteiger charge is 2.56. The van der Waals surface area contributed by atoms with Crippen molar-refractivity contribution in [3.63, 3.8) is 0 Å². The Morgan fingerprint density at radius 3 is 1.23 bits per heavy atom. The van der Waals surface area contributed by atoms with Crippen molar-refractivity contribution < 1.29 is 8.83 Å². The van der Waals surface area contributed by atoms with Gasteiger partial charge in [0, 0.05) is 66.4 Å². The Balaban J connectivity index is 0.688. The maximum atomic E-state index is 7.18. The van der Waals surface area contributed by atoms with Gasteiger partial charge in [-0.25, -0.2) is 19.9 Å². The number of furan rings is 2. The summed E-state index contributed by atoms with van der Waals surface area (Å²) in [6, 6.07) is 118. The van der Waals surface area contributed by atoms with E-state index in [4.69, 9.17) is 28.8 Å². The van der Waals surface area contributed by atoms with Crippen LogP contribution in [0.25, 0.3) is 157 Å². The summed E-state index contributed by atoms with van der Waals surface area (Å²) in [5.41, 5.74) is 31.1. The third-order valence-electron chi connectivity index (χ3n) is 21.2. The highest BCUT2D eigenvalue weighted by molar-refractivity contribution is 6.06. The smallest absolute Gasteiger partial charge is 0.160 e. The van der Waals surface area contributed by atoms with Gasteiger partial charge < -0.3 is 8.83 Å². The summed E-state index contributed by atoms with van der Waals surface area (Å²) >= 11 is 0. The zero-order chi connectivity index (χ0) is 64.2. The van der Waals surface area contributed by atoms with Crippen molar-refractivity contribution in [2.45, 2.75) is 10.8 Å². The number of aromatic nitrogens is 4. The van der Waals surface area contributed by atoms with Gasteiger partial charge in [-0.3, -0.25) is 0 Å². The lowest BCUT2D eigenvalue weighted by Crippen LogP contribution is -2.25. The minimum atomic E-state index is -0.678. The van der Waals surface area contributed by atoms with E-state index in [2.05, 4.69) is 303 Å². The number of para-hydroxylation sites is 2. The van der Waals surface area contributed by atoms with Gasteiger partial charge in [0.2, 0.25) is 0 Å². The monoisotopic (exact) mass is 1250 g/mol. The van der Waals surface area contributed by atoms with E-state index < -0.39 is 10.8 Å². The van der Waals surface area contributed by atoms with Crippen molar-refractivity contribution in [2.24, 2.45) is 0 Å². The van der Waals surface area contributed by atoms with Crippen LogP contribution in [0.3, 0.4) is 0 Å². The molecule has 0 saturated heterocycles. The maximum Gasteiger partial charge on any atom is 0.160 e. The largest absolute Gasteiger partial charge is 0.456 e. The van der Waals surface area contributed by atoms with E-state index >= 15 is 0 Å². The number of hydrogen-bond acceptors (Lipinski definition) is 6. The summed E-state index contributed by atoms with van der Waals surface area (Å²) in [5.74, 6) is 3.15. The van der Waals surface area contributed by atoms with Crippen LogP contribution in [-0.2, 0) is 10.8 Å². The van der Waals surface area contributed by atoms with Crippen molar-refractivity contribution in [2.75, 3.05) is 0 Å². The SMILES string of the molecule is c1ccc(-c2cc(-c3ccc(-c4cccc5c4-c4ccccc4C54c5ccc(-c6cccc(-c7cc(-c8ccccc8)nc(-c8ccc9c(c8)C8(c%10ccccc%10-c%10ccccc%108)c8c-9oc9ccccc89)n7)c6)cc5-c5oc6ccccc6c54)cc3)nc(-c3ccccc3)n2)cc1. The van der Waals surface area contributed by atoms with Crippen LogP contribution in [-0.4, -0.2) is 19.9 Å². The lowest BCUT2D eigenvalue weighted by Gasteiger charge is -2.30. The normalized spacial score (nSPS) is 14.4. The molecule has 0 amide bonds. The molecule has 0 bridgehead atoms. The molecule has 0 saturated carbocycles. The van der Waals surface area contributed by atoms with Crippen LogP contribution >= 0.6 is 0 Å². The fourth-order valence-corrected chi connectivity index (χ4v) is 17.1. The molecule has 2 spiro atoms. The lowest BCUT2D eigenvalue weighted by atomic mass is 9.70. The first-order chi connectivity index (χ1) is 48.6. The van der Waals surface area contributed by atoms with Crippen LogP contribution in [0.2, 0.25) is 0 Å². The van der Waals surface area contributed by atoms with E-state index in [9.17, 15) is 0 Å². The number of fused-ring (bicyclic) bond motifs is 24. The molecule has 6 heteroatoms. The fraction of sp³-hybridized carbons (Fsp3) is 0.0217. The standard InChI is InChI=1S/C92H54N4O2/c1-4-22-56(23-5-1)78-53-80(94-89(93-78)59-26-8-3-9-27-59)58-44-42-55(43-45-58)64-35-21-39-76-84(64)67-32-12-17-38-74(67)91(76)75-49-47-61(51-71(75)88-86(91)70-34-14-19-41-83(70)98-88)60-28-20-29-62(50-60)81-54-79(57-24-6-2-7-25-57)95-90(96-81)63-46-48-68-77(52-63)92(85-69-33-13-18-40-82(69)97-87(68)85)72-36-15-10-30-65(72)66-31-11-16-37-73(66)92/h1-54H. The lowest BCUT2D eigenvalue weighted by molar-refractivity contribution is 0.628. The molecule has 13 aromatic carbocycles. The summed E-state index contributed by atoms with van der Waals surface area (Å²) in [4.78, 5) is 21.3. The molecule has 1 atom stereocenters. The first-order valence-electron chi connectivity index (χ1n) is 33.5. The molecule has 4 aliphatic rings. The minimum Gasteiger partial charge on any atom is -0.456 e. The third-order valence-corrected chi connectivity index (χ3v) is 21.2. The van der Waals surface area contributed by atoms with Crippen molar-refractivity contribution in [1.82, 2.24) is 19.9 Å². The van der Waals surface area contributed by atoms with E-state index in [1.54, 1.807) is 0 Å². The molecule has 454 valence electrons. The molecule has 0 fully saturated rings. The molecule has 98 heavy (non-hydrogen) atoms. The predicted molar refractivity (Wildman–Crippen MR) is 393 cm³/mol. The molecule has 4 aliphatic carbocycles. The second kappa shape index (κ2) is 20.8. The Bertz CT molecular complexity index is 6080. The van der Waals surface area contributed by atoms with E-state index in [1.807, 2.05) is 24.3 Å². The second-order valence-corrected chi connectivity index (χ2v) is 26.2. The summed E-state index contributed by atoms with van der Waals surface area (Å²) in [6.07, 6.45) is 0. The van der Waals surface area contributed by atoms with Crippen LogP contribution in [0.15, 0.2) is 336 Å². The molecule has 0 radical (unpaired) electrons. The Hall–Kier alpha value is -12.9. The molecule has 4 aromatic heterocycles. The summed E-state index contributed by atoms with van der Waals surface area (Å²) < 4.78 is 14.1. The maximum absolute atomic E-state index is 7.18. The van der Waals surface area contributed by atoms with Gasteiger partial charge in [0.1, 0.15) is 22.7 Å². The third kappa shape index (κ3) is 7.68. The number of hydrogen-bond donors (Lipinski definition) is 0. The van der Waals surface area contributed by atoms with Gasteiger partial charge in [0.05, 0.1) is 33.6 Å². The van der Waals surface area contributed by atoms with Crippen LogP contribution < -0.4 is 0 Å². The van der Waals surface area contributed by atoms with Crippen molar-refractivity contribution in [1.29, 1.82) is 0 Å². The number of rotatable bonds is 8. The van der Waals surface area contributed by atoms with Crippen LogP contribution in [0.5, 0.6) is 0 Å². The Morgan fingerprint density at radius 2 is 0.612 bits per heavy atom. The minimum absolute atomic E-state index is 0.628. The van der Waals surface area contributed by atoms with E-state index in [0.29, 0.717) is 11.6 Å². The van der Waals surface area contributed by atoms with Crippen LogP contribution in [0.1, 0.15) is 44.5 Å². The average Bonchev–Trinajstić information content (AvgIpc) is 1.50. The number of nitrogens with zero attached hydrogens (tertiary/aromatic N) is 4. The zero-order valence-electron chi connectivity index (χ0n) is 52.8. The molecule has 21 rings (SSSR count). The molecule has 4 heterocycles. The molecule has 6 nitrogen and oxygen atoms in total. The highest BCUT2D eigenvalue weighted by Crippen LogP contribution is 2.68. The van der Waals surface area contributed by atoms with Crippen LogP contribution in [0, 0.1) is 0 Å². The van der Waals surface area contributed by atoms with E-state index in [1.165, 1.54) is 72.3 Å². The van der Waals surface area contributed by atoms with Gasteiger partial charge in [0.25, 0.3) is 0 Å². The molecular formula is C92H54N4O2. The molecule has 1 unspecified atom stereocenters. The first-order valence-corrected chi connectivity index (χ1v) is 33.5. The molecule has 0 N–H and O–H groups in total. The second-order valence-electron chi connectivity index (χ2n) is 26.2. The van der Waals surface area contributed by atoms with Crippen molar-refractivity contribution in [3.05, 3.63) is 372 Å². The predicted octanol–water partition coefficient (Wildman–Crippen LogP) is 22.8. The fourth-order valence-electron chi connectivity index (χ4n) is 17.1. The summed E-state index contributed by atoms with van der Waals surface area (Å²) in [5, 5.41) is 2.23. The van der Waals surface area contributed by atoms with Gasteiger partial charge in [-0.2, -0.15) is 0 Å². The van der Waals surface area contributed by atoms with Crippen LogP contribution in [0.4, 0.5) is 0 Å². The molecular weight excluding hydrogens is 1190 g/mol. The summed E-state index contributed by atoms with van der Waals surface area (Å²) in [6.45, 7) is 0. The van der Waals surface area contributed by atoms with Gasteiger partial charge in [0.15, 0.2) is 11.6 Å². The van der Waals surface area contributed by atoms with Crippen molar-refractivity contribution in [3.8, 4) is 135 Å². The van der Waals surface area contributed by atoms with E-state index in [0.717, 1.165) is 117 Å². The van der Waals surface area contributed by atoms with Crippen molar-refractivity contribution >= 4 is 21.9 Å². The quantitative estimate of drug-likeness (QED) is 0.151. The van der Waals surface area contributed by atoms with Gasteiger partial charge in [-0.05, 0) is 120 Å². The Kier molecular flexibility index (Phi) is 11.6. The summed E-state index contributed by atoms with van der Waals surface area (Å²) in [7, 11) is 0. The highest BCUT2D eigenvalue weighted by atomic mass is 16.3. The first kappa shape index (κ1) is 54.5. The molecule has 0 aliphatic heterocycles. The number of benzene rings is 13. The van der Waals surface area contributed by atoms with E-state index in [-0.39, 0.29) is 0 Å². The van der Waals surface area contributed by atoms with Gasteiger partial charge in [-0.15, -0.1) is 0 Å².